The first-order valence-electron chi connectivity index (χ1n) is 6.85. The number of thiazole rings is 1. The number of hydrogen-bond acceptors (Lipinski definition) is 6. The van der Waals surface area contributed by atoms with E-state index in [2.05, 4.69) is 10.3 Å². The summed E-state index contributed by atoms with van der Waals surface area (Å²) in [6.45, 7) is 0. The van der Waals surface area contributed by atoms with Crippen LogP contribution >= 0.6 is 46.3 Å². The Morgan fingerprint density at radius 3 is 2.84 bits per heavy atom. The number of carbonyl (C=O) groups is 1. The molecule has 0 aliphatic carbocycles. The highest BCUT2D eigenvalue weighted by atomic mass is 35.5. The molecule has 6 nitrogen and oxygen atoms in total. The molecule has 0 atom stereocenters. The van der Waals surface area contributed by atoms with E-state index in [0.717, 1.165) is 14.6 Å². The van der Waals surface area contributed by atoms with Crippen LogP contribution in [0.25, 0.3) is 10.2 Å². The maximum atomic E-state index is 12.1. The monoisotopic (exact) mass is 413 g/mol. The lowest BCUT2D eigenvalue weighted by atomic mass is 10.3. The molecule has 1 amide bonds. The molecule has 0 bridgehead atoms. The minimum Gasteiger partial charge on any atom is -0.324 e. The summed E-state index contributed by atoms with van der Waals surface area (Å²) in [5.41, 5.74) is 0.843. The maximum absolute atomic E-state index is 12.1. The van der Waals surface area contributed by atoms with E-state index in [1.54, 1.807) is 12.1 Å². The van der Waals surface area contributed by atoms with Crippen molar-refractivity contribution < 1.29 is 9.72 Å². The number of nitrogens with one attached hydrogen (secondary N) is 1. The number of thioether (sulfide) groups is 1. The van der Waals surface area contributed by atoms with Crippen LogP contribution in [-0.4, -0.2) is 21.6 Å². The minimum absolute atomic E-state index is 0.104. The smallest absolute Gasteiger partial charge is 0.271 e. The second-order valence-electron chi connectivity index (χ2n) is 4.85. The number of halogens is 2. The number of nitro groups is 1. The molecular weight excluding hydrogens is 405 g/mol. The number of nitro benzene ring substituents is 1. The van der Waals surface area contributed by atoms with Crippen LogP contribution in [-0.2, 0) is 4.79 Å². The molecule has 25 heavy (non-hydrogen) atoms. The summed E-state index contributed by atoms with van der Waals surface area (Å²) in [4.78, 5) is 26.7. The zero-order valence-corrected chi connectivity index (χ0v) is 15.5. The molecule has 0 saturated carbocycles. The second-order valence-corrected chi connectivity index (χ2v) is 7.95. The number of anilines is 1. The van der Waals surface area contributed by atoms with Crippen molar-refractivity contribution in [3.8, 4) is 0 Å². The number of aromatic nitrogens is 1. The topological polar surface area (TPSA) is 85.1 Å². The lowest BCUT2D eigenvalue weighted by molar-refractivity contribution is -0.384. The van der Waals surface area contributed by atoms with Gasteiger partial charge in [0.2, 0.25) is 5.91 Å². The molecule has 3 rings (SSSR count). The molecule has 0 saturated heterocycles. The Hall–Kier alpha value is -1.87. The number of hydrogen-bond donors (Lipinski definition) is 1. The standard InChI is InChI=1S/C15H9Cl2N3O3S2/c16-8-1-4-13-12(5-8)19-15(25-13)24-7-14(21)18-11-6-9(20(22)23)2-3-10(11)17/h1-6H,7H2,(H,18,21). The lowest BCUT2D eigenvalue weighted by Gasteiger charge is -2.06. The number of amides is 1. The molecule has 0 radical (unpaired) electrons. The third-order valence-corrected chi connectivity index (χ3v) is 5.84. The molecule has 0 aliphatic rings. The molecule has 0 unspecified atom stereocenters. The van der Waals surface area contributed by atoms with Crippen LogP contribution in [0.15, 0.2) is 40.7 Å². The molecule has 128 valence electrons. The summed E-state index contributed by atoms with van der Waals surface area (Å²) in [6.07, 6.45) is 0. The summed E-state index contributed by atoms with van der Waals surface area (Å²) < 4.78 is 1.71. The van der Waals surface area contributed by atoms with E-state index in [1.807, 2.05) is 6.07 Å². The Balaban J connectivity index is 1.66. The number of non-ortho nitro benzene ring substituents is 1. The van der Waals surface area contributed by atoms with E-state index in [4.69, 9.17) is 23.2 Å². The van der Waals surface area contributed by atoms with Crippen LogP contribution in [0.4, 0.5) is 11.4 Å². The van der Waals surface area contributed by atoms with E-state index in [1.165, 1.54) is 41.3 Å². The normalized spacial score (nSPS) is 10.8. The largest absolute Gasteiger partial charge is 0.324 e. The highest BCUT2D eigenvalue weighted by Crippen LogP contribution is 2.31. The fourth-order valence-corrected chi connectivity index (χ4v) is 4.16. The molecule has 1 N–H and O–H groups in total. The van der Waals surface area contributed by atoms with E-state index < -0.39 is 4.92 Å². The van der Waals surface area contributed by atoms with Gasteiger partial charge in [-0.3, -0.25) is 14.9 Å². The molecule has 1 heterocycles. The SMILES string of the molecule is O=C(CSc1nc2cc(Cl)ccc2s1)Nc1cc([N+](=O)[O-])ccc1Cl. The highest BCUT2D eigenvalue weighted by molar-refractivity contribution is 8.01. The Bertz CT molecular complexity index is 978. The average Bonchev–Trinajstić information content (AvgIpc) is 2.96. The van der Waals surface area contributed by atoms with Crippen molar-refractivity contribution >= 4 is 73.8 Å². The predicted molar refractivity (Wildman–Crippen MR) is 102 cm³/mol. The van der Waals surface area contributed by atoms with Gasteiger partial charge in [-0.1, -0.05) is 35.0 Å². The molecule has 10 heteroatoms. The predicted octanol–water partition coefficient (Wildman–Crippen LogP) is 5.24. The first-order chi connectivity index (χ1) is 11.9. The van der Waals surface area contributed by atoms with Crippen molar-refractivity contribution in [1.82, 2.24) is 4.98 Å². The van der Waals surface area contributed by atoms with Crippen molar-refractivity contribution in [3.63, 3.8) is 0 Å². The van der Waals surface area contributed by atoms with Gasteiger partial charge in [-0.05, 0) is 24.3 Å². The highest BCUT2D eigenvalue weighted by Gasteiger charge is 2.13. The Morgan fingerprint density at radius 1 is 1.28 bits per heavy atom. The molecular formula is C15H9Cl2N3O3S2. The van der Waals surface area contributed by atoms with Gasteiger partial charge in [0.1, 0.15) is 0 Å². The average molecular weight is 414 g/mol. The van der Waals surface area contributed by atoms with Crippen molar-refractivity contribution in [3.05, 3.63) is 56.6 Å². The molecule has 0 aliphatic heterocycles. The third kappa shape index (κ3) is 4.40. The minimum atomic E-state index is -0.549. The first-order valence-corrected chi connectivity index (χ1v) is 9.41. The lowest BCUT2D eigenvalue weighted by Crippen LogP contribution is -2.14. The van der Waals surface area contributed by atoms with Crippen LogP contribution in [0.1, 0.15) is 0 Å². The Kier molecular flexibility index (Phi) is 5.43. The Morgan fingerprint density at radius 2 is 2.08 bits per heavy atom. The maximum Gasteiger partial charge on any atom is 0.271 e. The van der Waals surface area contributed by atoms with Crippen LogP contribution < -0.4 is 5.32 Å². The molecule has 2 aromatic carbocycles. The van der Waals surface area contributed by atoms with Crippen molar-refractivity contribution in [2.75, 3.05) is 11.1 Å². The molecule has 0 spiro atoms. The van der Waals surface area contributed by atoms with Gasteiger partial charge in [0.15, 0.2) is 4.34 Å². The van der Waals surface area contributed by atoms with Gasteiger partial charge < -0.3 is 5.32 Å². The fraction of sp³-hybridized carbons (Fsp3) is 0.0667. The molecule has 0 fully saturated rings. The van der Waals surface area contributed by atoms with E-state index in [9.17, 15) is 14.9 Å². The Labute approximate surface area is 160 Å². The van der Waals surface area contributed by atoms with Gasteiger partial charge in [0, 0.05) is 17.2 Å². The van der Waals surface area contributed by atoms with E-state index in [0.29, 0.717) is 5.02 Å². The van der Waals surface area contributed by atoms with Crippen LogP contribution in [0, 0.1) is 10.1 Å². The van der Waals surface area contributed by atoms with Crippen LogP contribution in [0.2, 0.25) is 10.0 Å². The van der Waals surface area contributed by atoms with Crippen molar-refractivity contribution in [1.29, 1.82) is 0 Å². The van der Waals surface area contributed by atoms with E-state index in [-0.39, 0.29) is 28.1 Å². The number of benzene rings is 2. The third-order valence-electron chi connectivity index (χ3n) is 3.09. The summed E-state index contributed by atoms with van der Waals surface area (Å²) in [6, 6.07) is 9.31. The van der Waals surface area contributed by atoms with Gasteiger partial charge in [-0.25, -0.2) is 4.98 Å². The van der Waals surface area contributed by atoms with Gasteiger partial charge in [-0.15, -0.1) is 11.3 Å². The van der Waals surface area contributed by atoms with Gasteiger partial charge in [-0.2, -0.15) is 0 Å². The quantitative estimate of drug-likeness (QED) is 0.351. The zero-order chi connectivity index (χ0) is 18.0. The number of fused-ring (bicyclic) bond motifs is 1. The van der Waals surface area contributed by atoms with Crippen molar-refractivity contribution in [2.24, 2.45) is 0 Å². The summed E-state index contributed by atoms with van der Waals surface area (Å²) in [5.74, 6) is -0.225. The summed E-state index contributed by atoms with van der Waals surface area (Å²) in [5, 5.41) is 14.2. The summed E-state index contributed by atoms with van der Waals surface area (Å²) in [7, 11) is 0. The van der Waals surface area contributed by atoms with Crippen LogP contribution in [0.3, 0.4) is 0 Å². The van der Waals surface area contributed by atoms with Crippen molar-refractivity contribution in [2.45, 2.75) is 4.34 Å². The fourth-order valence-electron chi connectivity index (χ4n) is 1.98. The van der Waals surface area contributed by atoms with Gasteiger partial charge >= 0.3 is 0 Å². The second kappa shape index (κ2) is 7.57. The molecule has 3 aromatic rings. The first kappa shape index (κ1) is 17.9. The van der Waals surface area contributed by atoms with Gasteiger partial charge in [0.25, 0.3) is 5.69 Å². The number of rotatable bonds is 5. The van der Waals surface area contributed by atoms with Crippen LogP contribution in [0.5, 0.6) is 0 Å². The number of carbonyl (C=O) groups excluding carboxylic acids is 1. The van der Waals surface area contributed by atoms with Gasteiger partial charge in [0.05, 0.1) is 31.6 Å². The zero-order valence-electron chi connectivity index (χ0n) is 12.4. The molecule has 1 aromatic heterocycles. The number of nitrogens with zero attached hydrogens (tertiary/aromatic N) is 2. The van der Waals surface area contributed by atoms with E-state index >= 15 is 0 Å². The summed E-state index contributed by atoms with van der Waals surface area (Å²) >= 11 is 14.6.